The zero-order chi connectivity index (χ0) is 17.4. The number of morpholine rings is 1. The van der Waals surface area contributed by atoms with Crippen molar-refractivity contribution in [2.75, 3.05) is 26.8 Å². The molecule has 0 bridgehead atoms. The van der Waals surface area contributed by atoms with Gasteiger partial charge in [0.25, 0.3) is 0 Å². The lowest BCUT2D eigenvalue weighted by atomic mass is 10.0. The number of hydrogen-bond acceptors (Lipinski definition) is 6. The van der Waals surface area contributed by atoms with Crippen LogP contribution in [0.15, 0.2) is 33.4 Å². The maximum absolute atomic E-state index is 5.67. The van der Waals surface area contributed by atoms with Crippen LogP contribution in [0.3, 0.4) is 0 Å². The Kier molecular flexibility index (Phi) is 4.19. The summed E-state index contributed by atoms with van der Waals surface area (Å²) in [7, 11) is 2.14. The molecule has 0 radical (unpaired) electrons. The maximum Gasteiger partial charge on any atom is 0.202 e. The van der Waals surface area contributed by atoms with E-state index in [0.717, 1.165) is 30.2 Å². The van der Waals surface area contributed by atoms with Crippen molar-refractivity contribution in [1.82, 2.24) is 19.8 Å². The summed E-state index contributed by atoms with van der Waals surface area (Å²) in [4.78, 5) is 2.33. The first-order valence-electron chi connectivity index (χ1n) is 8.45. The Labute approximate surface area is 146 Å². The lowest BCUT2D eigenvalue weighted by Gasteiger charge is -2.32. The molecule has 25 heavy (non-hydrogen) atoms. The summed E-state index contributed by atoms with van der Waals surface area (Å²) in [6.45, 7) is 7.15. The third kappa shape index (κ3) is 3.01. The summed E-state index contributed by atoms with van der Waals surface area (Å²) in [5, 5.41) is 8.86. The van der Waals surface area contributed by atoms with E-state index < -0.39 is 0 Å². The van der Waals surface area contributed by atoms with Crippen LogP contribution in [0, 0.1) is 13.8 Å². The Bertz CT molecular complexity index is 850. The number of aryl methyl sites for hydroxylation is 1. The minimum atomic E-state index is 0.249. The number of hydrogen-bond donors (Lipinski definition) is 0. The van der Waals surface area contributed by atoms with Gasteiger partial charge < -0.3 is 13.7 Å². The van der Waals surface area contributed by atoms with Gasteiger partial charge >= 0.3 is 0 Å². The number of furan rings is 1. The van der Waals surface area contributed by atoms with Crippen molar-refractivity contribution in [2.24, 2.45) is 0 Å². The molecule has 3 aromatic rings. The third-order valence-electron chi connectivity index (χ3n) is 4.80. The van der Waals surface area contributed by atoms with Crippen LogP contribution < -0.4 is 0 Å². The van der Waals surface area contributed by atoms with Crippen molar-refractivity contribution >= 4 is 0 Å². The molecule has 1 fully saturated rings. The quantitative estimate of drug-likeness (QED) is 0.726. The van der Waals surface area contributed by atoms with E-state index in [9.17, 15) is 0 Å². The topological polar surface area (TPSA) is 69.5 Å². The molecule has 1 aliphatic heterocycles. The van der Waals surface area contributed by atoms with Gasteiger partial charge in [-0.05, 0) is 33.0 Å². The first-order valence-corrected chi connectivity index (χ1v) is 8.45. The molecule has 1 unspecified atom stereocenters. The molecule has 0 amide bonds. The summed E-state index contributed by atoms with van der Waals surface area (Å²) in [6.07, 6.45) is 1.62. The molecule has 7 nitrogen and oxygen atoms in total. The van der Waals surface area contributed by atoms with Crippen molar-refractivity contribution in [1.29, 1.82) is 0 Å². The third-order valence-corrected chi connectivity index (χ3v) is 4.80. The van der Waals surface area contributed by atoms with Gasteiger partial charge in [0.1, 0.15) is 5.69 Å². The van der Waals surface area contributed by atoms with E-state index in [-0.39, 0.29) is 6.04 Å². The Hall–Kier alpha value is -2.38. The fourth-order valence-electron chi connectivity index (χ4n) is 3.41. The molecule has 7 heteroatoms. The van der Waals surface area contributed by atoms with E-state index in [4.69, 9.17) is 18.8 Å². The SMILES string of the molecule is Cc1nn(Cc2cc(-c3ccco3)on2)c(C)c1C1COCCN1C. The van der Waals surface area contributed by atoms with Gasteiger partial charge in [-0.25, -0.2) is 0 Å². The van der Waals surface area contributed by atoms with Crippen LogP contribution in [0.2, 0.25) is 0 Å². The van der Waals surface area contributed by atoms with Crippen LogP contribution in [0.1, 0.15) is 28.7 Å². The fraction of sp³-hybridized carbons (Fsp3) is 0.444. The van der Waals surface area contributed by atoms with Crippen molar-refractivity contribution in [2.45, 2.75) is 26.4 Å². The summed E-state index contributed by atoms with van der Waals surface area (Å²) in [6, 6.07) is 5.82. The van der Waals surface area contributed by atoms with Gasteiger partial charge in [0, 0.05) is 23.9 Å². The van der Waals surface area contributed by atoms with Gasteiger partial charge in [-0.3, -0.25) is 9.58 Å². The molecular formula is C18H22N4O3. The highest BCUT2D eigenvalue weighted by atomic mass is 16.5. The number of nitrogens with zero attached hydrogens (tertiary/aromatic N) is 4. The molecular weight excluding hydrogens is 320 g/mol. The largest absolute Gasteiger partial charge is 0.461 e. The van der Waals surface area contributed by atoms with E-state index in [1.165, 1.54) is 5.56 Å². The van der Waals surface area contributed by atoms with Crippen molar-refractivity contribution in [3.8, 4) is 11.5 Å². The second-order valence-electron chi connectivity index (χ2n) is 6.47. The Morgan fingerprint density at radius 3 is 2.92 bits per heavy atom. The van der Waals surface area contributed by atoms with Crippen LogP contribution in [-0.2, 0) is 11.3 Å². The molecule has 0 aromatic carbocycles. The van der Waals surface area contributed by atoms with E-state index in [1.807, 2.05) is 22.9 Å². The number of likely N-dealkylation sites (N-methyl/N-ethyl adjacent to an activating group) is 1. The Morgan fingerprint density at radius 1 is 1.28 bits per heavy atom. The summed E-state index contributed by atoms with van der Waals surface area (Å²) < 4.78 is 18.4. The first-order chi connectivity index (χ1) is 12.1. The molecule has 1 aliphatic rings. The zero-order valence-corrected chi connectivity index (χ0v) is 14.7. The predicted molar refractivity (Wildman–Crippen MR) is 91.2 cm³/mol. The number of aromatic nitrogens is 3. The molecule has 1 atom stereocenters. The number of ether oxygens (including phenoxy) is 1. The monoisotopic (exact) mass is 342 g/mol. The molecule has 132 valence electrons. The summed E-state index contributed by atoms with van der Waals surface area (Å²) >= 11 is 0. The highest BCUT2D eigenvalue weighted by molar-refractivity contribution is 5.49. The number of rotatable bonds is 4. The molecule has 4 rings (SSSR count). The smallest absolute Gasteiger partial charge is 0.202 e. The zero-order valence-electron chi connectivity index (χ0n) is 14.7. The normalized spacial score (nSPS) is 18.8. The van der Waals surface area contributed by atoms with Crippen LogP contribution in [0.5, 0.6) is 0 Å². The van der Waals surface area contributed by atoms with Gasteiger partial charge in [0.05, 0.1) is 37.8 Å². The highest BCUT2D eigenvalue weighted by Gasteiger charge is 2.27. The van der Waals surface area contributed by atoms with E-state index in [2.05, 4.69) is 31.0 Å². The fourth-order valence-corrected chi connectivity index (χ4v) is 3.41. The Morgan fingerprint density at radius 2 is 2.16 bits per heavy atom. The van der Waals surface area contributed by atoms with Crippen LogP contribution in [-0.4, -0.2) is 46.6 Å². The molecule has 0 spiro atoms. The Balaban J connectivity index is 1.58. The van der Waals surface area contributed by atoms with Gasteiger partial charge in [-0.1, -0.05) is 5.16 Å². The predicted octanol–water partition coefficient (Wildman–Crippen LogP) is 2.80. The second kappa shape index (κ2) is 6.50. The lowest BCUT2D eigenvalue weighted by Crippen LogP contribution is -2.37. The van der Waals surface area contributed by atoms with Gasteiger partial charge in [0.2, 0.25) is 5.76 Å². The summed E-state index contributed by atoms with van der Waals surface area (Å²) in [5.41, 5.74) is 4.24. The van der Waals surface area contributed by atoms with E-state index in [1.54, 1.807) is 6.26 Å². The molecule has 0 aliphatic carbocycles. The minimum Gasteiger partial charge on any atom is -0.461 e. The molecule has 4 heterocycles. The molecule has 1 saturated heterocycles. The van der Waals surface area contributed by atoms with E-state index >= 15 is 0 Å². The van der Waals surface area contributed by atoms with Crippen LogP contribution in [0.25, 0.3) is 11.5 Å². The summed E-state index contributed by atoms with van der Waals surface area (Å²) in [5.74, 6) is 1.30. The molecule has 3 aromatic heterocycles. The van der Waals surface area contributed by atoms with Gasteiger partial charge in [-0.2, -0.15) is 5.10 Å². The first kappa shape index (κ1) is 16.1. The van der Waals surface area contributed by atoms with Crippen molar-refractivity contribution in [3.05, 3.63) is 47.1 Å². The standard InChI is InChI=1S/C18H22N4O3/c1-12-18(15-11-23-8-6-21(15)3)13(2)22(19-12)10-14-9-17(25-20-14)16-5-4-7-24-16/h4-5,7,9,15H,6,8,10-11H2,1-3H3. The van der Waals surface area contributed by atoms with Crippen LogP contribution in [0.4, 0.5) is 0 Å². The second-order valence-corrected chi connectivity index (χ2v) is 6.47. The van der Waals surface area contributed by atoms with Crippen molar-refractivity contribution in [3.63, 3.8) is 0 Å². The lowest BCUT2D eigenvalue weighted by molar-refractivity contribution is 0.00457. The molecule has 0 N–H and O–H groups in total. The van der Waals surface area contributed by atoms with Crippen molar-refractivity contribution < 1.29 is 13.7 Å². The molecule has 0 saturated carbocycles. The maximum atomic E-state index is 5.67. The van der Waals surface area contributed by atoms with Crippen LogP contribution >= 0.6 is 0 Å². The minimum absolute atomic E-state index is 0.249. The van der Waals surface area contributed by atoms with E-state index in [0.29, 0.717) is 24.7 Å². The van der Waals surface area contributed by atoms with Gasteiger partial charge in [0.15, 0.2) is 5.76 Å². The average molecular weight is 342 g/mol. The highest BCUT2D eigenvalue weighted by Crippen LogP contribution is 2.29. The van der Waals surface area contributed by atoms with Gasteiger partial charge in [-0.15, -0.1) is 0 Å². The average Bonchev–Trinajstić information content (AvgIpc) is 3.31.